The molecular weight excluding hydrogens is 310 g/mol. The van der Waals surface area contributed by atoms with E-state index in [0.29, 0.717) is 22.7 Å². The average molecular weight is 329 g/mol. The Morgan fingerprint density at radius 2 is 1.87 bits per heavy atom. The number of benzene rings is 1. The van der Waals surface area contributed by atoms with Crippen LogP contribution in [0.5, 0.6) is 0 Å². The summed E-state index contributed by atoms with van der Waals surface area (Å²) in [7, 11) is 3.43. The molecule has 0 radical (unpaired) electrons. The topological polar surface area (TPSA) is 62.3 Å². The molecule has 2 rings (SSSR count). The minimum Gasteiger partial charge on any atom is -0.348 e. The van der Waals surface area contributed by atoms with Crippen LogP contribution in [0.2, 0.25) is 0 Å². The normalized spacial score (nSPS) is 10.2. The number of nitrogens with zero attached hydrogens (tertiary/aromatic N) is 2. The number of nitrogens with one attached hydrogen (secondary N) is 1. The van der Waals surface area contributed by atoms with Crippen molar-refractivity contribution in [1.29, 1.82) is 0 Å². The van der Waals surface area contributed by atoms with E-state index in [4.69, 9.17) is 0 Å². The molecule has 120 valence electrons. The first-order chi connectivity index (χ1) is 11.0. The van der Waals surface area contributed by atoms with Crippen molar-refractivity contribution in [2.45, 2.75) is 11.6 Å². The minimum atomic E-state index is -0.157. The van der Waals surface area contributed by atoms with Gasteiger partial charge in [0.05, 0.1) is 5.56 Å². The van der Waals surface area contributed by atoms with Crippen LogP contribution in [0, 0.1) is 0 Å². The second-order valence-corrected chi connectivity index (χ2v) is 5.93. The Morgan fingerprint density at radius 1 is 1.17 bits per heavy atom. The quantitative estimate of drug-likeness (QED) is 0.856. The molecule has 1 N–H and O–H groups in total. The number of hydrogen-bond acceptors (Lipinski definition) is 4. The maximum Gasteiger partial charge on any atom is 0.254 e. The number of carbonyl (C=O) groups excluding carboxylic acids is 2. The van der Waals surface area contributed by atoms with E-state index >= 15 is 0 Å². The van der Waals surface area contributed by atoms with Crippen molar-refractivity contribution in [3.05, 3.63) is 59.3 Å². The lowest BCUT2D eigenvalue weighted by Gasteiger charge is -2.11. The lowest BCUT2D eigenvalue weighted by molar-refractivity contribution is 0.0827. The van der Waals surface area contributed by atoms with Gasteiger partial charge in [0, 0.05) is 32.4 Å². The van der Waals surface area contributed by atoms with Gasteiger partial charge in [-0.05, 0) is 36.1 Å². The van der Waals surface area contributed by atoms with Crippen molar-refractivity contribution < 1.29 is 9.59 Å². The van der Waals surface area contributed by atoms with Gasteiger partial charge in [0.2, 0.25) is 0 Å². The lowest BCUT2D eigenvalue weighted by Crippen LogP contribution is -2.24. The highest BCUT2D eigenvalue weighted by Crippen LogP contribution is 2.16. The van der Waals surface area contributed by atoms with Crippen molar-refractivity contribution in [1.82, 2.24) is 15.2 Å². The fourth-order valence-electron chi connectivity index (χ4n) is 2.03. The van der Waals surface area contributed by atoms with E-state index in [-0.39, 0.29) is 11.8 Å². The van der Waals surface area contributed by atoms with Crippen molar-refractivity contribution in [3.63, 3.8) is 0 Å². The van der Waals surface area contributed by atoms with E-state index in [9.17, 15) is 9.59 Å². The number of amides is 2. The van der Waals surface area contributed by atoms with Gasteiger partial charge in [0.25, 0.3) is 11.8 Å². The van der Waals surface area contributed by atoms with Crippen LogP contribution in [-0.2, 0) is 6.54 Å². The summed E-state index contributed by atoms with van der Waals surface area (Å²) in [6.45, 7) is 0.401. The predicted octanol–water partition coefficient (Wildman–Crippen LogP) is 2.44. The molecule has 0 unspecified atom stereocenters. The van der Waals surface area contributed by atoms with E-state index < -0.39 is 0 Å². The van der Waals surface area contributed by atoms with Crippen LogP contribution < -0.4 is 5.32 Å². The number of thioether (sulfide) groups is 1. The van der Waals surface area contributed by atoms with E-state index in [1.54, 1.807) is 44.6 Å². The Hall–Kier alpha value is -2.34. The Morgan fingerprint density at radius 3 is 2.48 bits per heavy atom. The second-order valence-electron chi connectivity index (χ2n) is 5.14. The van der Waals surface area contributed by atoms with Gasteiger partial charge in [-0.2, -0.15) is 0 Å². The summed E-state index contributed by atoms with van der Waals surface area (Å²) < 4.78 is 0. The second kappa shape index (κ2) is 7.78. The Kier molecular flexibility index (Phi) is 5.76. The molecule has 2 aromatic rings. The maximum atomic E-state index is 12.2. The molecule has 0 fully saturated rings. The first-order valence-corrected chi connectivity index (χ1v) is 8.33. The summed E-state index contributed by atoms with van der Waals surface area (Å²) in [6.07, 6.45) is 3.56. The fourth-order valence-corrected chi connectivity index (χ4v) is 2.57. The van der Waals surface area contributed by atoms with Crippen LogP contribution in [0.3, 0.4) is 0 Å². The molecule has 6 heteroatoms. The third-order valence-corrected chi connectivity index (χ3v) is 3.98. The molecule has 5 nitrogen and oxygen atoms in total. The Balaban J connectivity index is 2.01. The fraction of sp³-hybridized carbons (Fsp3) is 0.235. The Labute approximate surface area is 140 Å². The highest BCUT2D eigenvalue weighted by Gasteiger charge is 2.11. The summed E-state index contributed by atoms with van der Waals surface area (Å²) in [4.78, 5) is 29.8. The molecule has 0 atom stereocenters. The number of hydrogen-bond donors (Lipinski definition) is 1. The molecule has 0 aliphatic heterocycles. The van der Waals surface area contributed by atoms with Crippen molar-refractivity contribution in [2.75, 3.05) is 20.4 Å². The summed E-state index contributed by atoms with van der Waals surface area (Å²) in [5, 5.41) is 3.58. The van der Waals surface area contributed by atoms with Gasteiger partial charge in [0.15, 0.2) is 0 Å². The van der Waals surface area contributed by atoms with Crippen LogP contribution in [0.25, 0.3) is 0 Å². The van der Waals surface area contributed by atoms with Gasteiger partial charge < -0.3 is 10.2 Å². The van der Waals surface area contributed by atoms with Crippen LogP contribution in [0.4, 0.5) is 0 Å². The van der Waals surface area contributed by atoms with Gasteiger partial charge in [-0.3, -0.25) is 9.59 Å². The molecule has 1 aromatic heterocycles. The maximum absolute atomic E-state index is 12.2. The molecule has 0 bridgehead atoms. The molecule has 1 aromatic carbocycles. The van der Waals surface area contributed by atoms with Gasteiger partial charge in [-0.25, -0.2) is 4.98 Å². The van der Waals surface area contributed by atoms with E-state index in [2.05, 4.69) is 10.3 Å². The Bertz CT molecular complexity index is 699. The molecule has 0 spiro atoms. The third kappa shape index (κ3) is 4.32. The lowest BCUT2D eigenvalue weighted by atomic mass is 10.1. The molecule has 0 saturated heterocycles. The van der Waals surface area contributed by atoms with E-state index in [1.807, 2.05) is 18.4 Å². The number of aromatic nitrogens is 1. The monoisotopic (exact) mass is 329 g/mol. The van der Waals surface area contributed by atoms with Crippen LogP contribution >= 0.6 is 11.8 Å². The van der Waals surface area contributed by atoms with E-state index in [1.165, 1.54) is 16.7 Å². The third-order valence-electron chi connectivity index (χ3n) is 3.27. The zero-order chi connectivity index (χ0) is 16.8. The van der Waals surface area contributed by atoms with Crippen LogP contribution in [0.1, 0.15) is 26.3 Å². The molecule has 0 aliphatic carbocycles. The highest BCUT2D eigenvalue weighted by molar-refractivity contribution is 7.98. The van der Waals surface area contributed by atoms with Gasteiger partial charge in [-0.1, -0.05) is 12.1 Å². The number of pyridine rings is 1. The van der Waals surface area contributed by atoms with E-state index in [0.717, 1.165) is 5.56 Å². The zero-order valence-corrected chi connectivity index (χ0v) is 14.2. The van der Waals surface area contributed by atoms with Crippen LogP contribution in [-0.4, -0.2) is 42.0 Å². The first kappa shape index (κ1) is 17.0. The molecular formula is C17H19N3O2S. The van der Waals surface area contributed by atoms with Gasteiger partial charge >= 0.3 is 0 Å². The smallest absolute Gasteiger partial charge is 0.254 e. The summed E-state index contributed by atoms with van der Waals surface area (Å²) >= 11 is 1.44. The van der Waals surface area contributed by atoms with Crippen molar-refractivity contribution in [2.24, 2.45) is 0 Å². The standard InChI is InChI=1S/C17H19N3O2S/c1-20(2)17(22)13-8-6-12(7-9-13)11-19-15(21)14-5-4-10-18-16(14)23-3/h4-10H,11H2,1-3H3,(H,19,21). The largest absolute Gasteiger partial charge is 0.348 e. The molecule has 0 saturated carbocycles. The summed E-state index contributed by atoms with van der Waals surface area (Å²) in [5.41, 5.74) is 2.13. The minimum absolute atomic E-state index is 0.0412. The highest BCUT2D eigenvalue weighted by atomic mass is 32.2. The number of carbonyl (C=O) groups is 2. The van der Waals surface area contributed by atoms with Crippen LogP contribution in [0.15, 0.2) is 47.6 Å². The molecule has 2 amide bonds. The SMILES string of the molecule is CSc1ncccc1C(=O)NCc1ccc(C(=O)N(C)C)cc1. The first-order valence-electron chi connectivity index (χ1n) is 7.10. The average Bonchev–Trinajstić information content (AvgIpc) is 2.59. The predicted molar refractivity (Wildman–Crippen MR) is 91.6 cm³/mol. The zero-order valence-electron chi connectivity index (χ0n) is 13.4. The summed E-state index contributed by atoms with van der Waals surface area (Å²) in [5.74, 6) is -0.198. The molecule has 23 heavy (non-hydrogen) atoms. The van der Waals surface area contributed by atoms with Crippen molar-refractivity contribution >= 4 is 23.6 Å². The van der Waals surface area contributed by atoms with Gasteiger partial charge in [0.1, 0.15) is 5.03 Å². The summed E-state index contributed by atoms with van der Waals surface area (Å²) in [6, 6.07) is 10.7. The molecule has 0 aliphatic rings. The van der Waals surface area contributed by atoms with Crippen molar-refractivity contribution in [3.8, 4) is 0 Å². The number of rotatable bonds is 5. The molecule has 1 heterocycles. The van der Waals surface area contributed by atoms with Gasteiger partial charge in [-0.15, -0.1) is 11.8 Å².